The van der Waals surface area contributed by atoms with E-state index in [-0.39, 0.29) is 11.2 Å². The van der Waals surface area contributed by atoms with Crippen molar-refractivity contribution in [2.45, 2.75) is 56.6 Å². The maximum atomic E-state index is 12.1. The van der Waals surface area contributed by atoms with Crippen molar-refractivity contribution < 1.29 is 4.79 Å². The molecule has 1 atom stereocenters. The van der Waals surface area contributed by atoms with Crippen molar-refractivity contribution in [3.63, 3.8) is 0 Å². The summed E-state index contributed by atoms with van der Waals surface area (Å²) in [4.78, 5) is 12.1. The van der Waals surface area contributed by atoms with E-state index < -0.39 is 0 Å². The van der Waals surface area contributed by atoms with Crippen molar-refractivity contribution in [1.82, 2.24) is 5.32 Å². The number of aryl methyl sites for hydroxylation is 1. The Hall–Kier alpha value is -0.960. The van der Waals surface area contributed by atoms with Crippen LogP contribution >= 0.6 is 11.8 Å². The third-order valence-electron chi connectivity index (χ3n) is 3.82. The molecular formula is C16H23NOS. The maximum Gasteiger partial charge on any atom is 0.233 e. The second-order valence-electron chi connectivity index (χ2n) is 5.37. The lowest BCUT2D eigenvalue weighted by atomic mass is 10.1. The third-order valence-corrected chi connectivity index (χ3v) is 5.01. The quantitative estimate of drug-likeness (QED) is 0.889. The number of hydrogen-bond acceptors (Lipinski definition) is 2. The summed E-state index contributed by atoms with van der Waals surface area (Å²) in [7, 11) is 0. The summed E-state index contributed by atoms with van der Waals surface area (Å²) in [5, 5.41) is 3.20. The highest BCUT2D eigenvalue weighted by Gasteiger charge is 2.20. The largest absolute Gasteiger partial charge is 0.352 e. The van der Waals surface area contributed by atoms with Gasteiger partial charge in [-0.1, -0.05) is 37.1 Å². The minimum absolute atomic E-state index is 0.0280. The lowest BCUT2D eigenvalue weighted by Crippen LogP contribution is -2.37. The maximum absolute atomic E-state index is 12.1. The topological polar surface area (TPSA) is 29.1 Å². The van der Waals surface area contributed by atoms with Crippen molar-refractivity contribution in [1.29, 1.82) is 0 Å². The fourth-order valence-electron chi connectivity index (χ4n) is 2.45. The van der Waals surface area contributed by atoms with Crippen LogP contribution in [0.3, 0.4) is 0 Å². The molecule has 1 N–H and O–H groups in total. The van der Waals surface area contributed by atoms with E-state index in [1.807, 2.05) is 6.92 Å². The van der Waals surface area contributed by atoms with Gasteiger partial charge in [-0.25, -0.2) is 0 Å². The number of amides is 1. The molecule has 1 saturated carbocycles. The van der Waals surface area contributed by atoms with Crippen LogP contribution in [-0.4, -0.2) is 17.2 Å². The minimum atomic E-state index is 0.0280. The standard InChI is InChI=1S/C16H23NOS/c1-12-7-3-4-8-14(12)11-19-13(2)16(18)17-15-9-5-6-10-15/h3-4,7-8,13,15H,5-6,9-11H2,1-2H3,(H,17,18)/t13-/m1/s1. The summed E-state index contributed by atoms with van der Waals surface area (Å²) in [6.07, 6.45) is 4.83. The van der Waals surface area contributed by atoms with Crippen LogP contribution in [-0.2, 0) is 10.5 Å². The third kappa shape index (κ3) is 4.27. The van der Waals surface area contributed by atoms with E-state index in [1.165, 1.54) is 24.0 Å². The van der Waals surface area contributed by atoms with Crippen LogP contribution < -0.4 is 5.32 Å². The van der Waals surface area contributed by atoms with Crippen molar-refractivity contribution in [2.75, 3.05) is 0 Å². The summed E-state index contributed by atoms with van der Waals surface area (Å²) < 4.78 is 0. The zero-order chi connectivity index (χ0) is 13.7. The van der Waals surface area contributed by atoms with Gasteiger partial charge < -0.3 is 5.32 Å². The van der Waals surface area contributed by atoms with E-state index in [0.717, 1.165) is 18.6 Å². The van der Waals surface area contributed by atoms with Crippen molar-refractivity contribution >= 4 is 17.7 Å². The Morgan fingerprint density at radius 3 is 2.74 bits per heavy atom. The molecule has 0 aromatic heterocycles. The van der Waals surface area contributed by atoms with E-state index in [0.29, 0.717) is 6.04 Å². The number of thioether (sulfide) groups is 1. The second kappa shape index (κ2) is 6.99. The molecule has 3 heteroatoms. The second-order valence-corrected chi connectivity index (χ2v) is 6.70. The average Bonchev–Trinajstić information content (AvgIpc) is 2.90. The first-order valence-electron chi connectivity index (χ1n) is 7.13. The molecule has 1 aliphatic carbocycles. The van der Waals surface area contributed by atoms with Crippen LogP contribution in [0, 0.1) is 6.92 Å². The molecule has 0 aliphatic heterocycles. The van der Waals surface area contributed by atoms with Crippen molar-refractivity contribution in [3.8, 4) is 0 Å². The molecule has 2 rings (SSSR count). The first-order valence-corrected chi connectivity index (χ1v) is 8.18. The molecule has 0 spiro atoms. The molecule has 2 nitrogen and oxygen atoms in total. The molecule has 0 bridgehead atoms. The lowest BCUT2D eigenvalue weighted by Gasteiger charge is -2.16. The normalized spacial score (nSPS) is 17.4. The van der Waals surface area contributed by atoms with Crippen LogP contribution in [0.4, 0.5) is 0 Å². The molecule has 1 amide bonds. The van der Waals surface area contributed by atoms with Gasteiger partial charge in [-0.2, -0.15) is 0 Å². The average molecular weight is 277 g/mol. The van der Waals surface area contributed by atoms with Crippen LogP contribution in [0.2, 0.25) is 0 Å². The Morgan fingerprint density at radius 2 is 2.05 bits per heavy atom. The molecule has 0 radical (unpaired) electrons. The summed E-state index contributed by atoms with van der Waals surface area (Å²) >= 11 is 1.72. The Balaban J connectivity index is 1.78. The van der Waals surface area contributed by atoms with E-state index >= 15 is 0 Å². The monoisotopic (exact) mass is 277 g/mol. The Bertz CT molecular complexity index is 427. The first kappa shape index (κ1) is 14.4. The highest BCUT2D eigenvalue weighted by atomic mass is 32.2. The van der Waals surface area contributed by atoms with Crippen molar-refractivity contribution in [2.24, 2.45) is 0 Å². The zero-order valence-electron chi connectivity index (χ0n) is 11.8. The summed E-state index contributed by atoms with van der Waals surface area (Å²) in [5.74, 6) is 1.11. The Labute approximate surface area is 120 Å². The number of nitrogens with one attached hydrogen (secondary N) is 1. The molecule has 1 aromatic carbocycles. The SMILES string of the molecule is Cc1ccccc1CS[C@H](C)C(=O)NC1CCCC1. The number of carbonyl (C=O) groups is 1. The summed E-state index contributed by atoms with van der Waals surface area (Å²) in [6.45, 7) is 4.13. The lowest BCUT2D eigenvalue weighted by molar-refractivity contribution is -0.120. The van der Waals surface area contributed by atoms with Gasteiger partial charge in [0, 0.05) is 11.8 Å². The van der Waals surface area contributed by atoms with E-state index in [1.54, 1.807) is 11.8 Å². The van der Waals surface area contributed by atoms with Gasteiger partial charge in [0.2, 0.25) is 5.91 Å². The predicted molar refractivity (Wildman–Crippen MR) is 82.3 cm³/mol. The van der Waals surface area contributed by atoms with E-state index in [4.69, 9.17) is 0 Å². The molecule has 19 heavy (non-hydrogen) atoms. The van der Waals surface area contributed by atoms with Crippen LogP contribution in [0.1, 0.15) is 43.7 Å². The highest BCUT2D eigenvalue weighted by Crippen LogP contribution is 2.22. The van der Waals surface area contributed by atoms with Crippen LogP contribution in [0.25, 0.3) is 0 Å². The van der Waals surface area contributed by atoms with Gasteiger partial charge in [0.1, 0.15) is 0 Å². The van der Waals surface area contributed by atoms with Gasteiger partial charge >= 0.3 is 0 Å². The number of hydrogen-bond donors (Lipinski definition) is 1. The molecule has 0 heterocycles. The van der Waals surface area contributed by atoms with Gasteiger partial charge in [-0.15, -0.1) is 11.8 Å². The predicted octanol–water partition coefficient (Wildman–Crippen LogP) is 3.68. The number of rotatable bonds is 5. The van der Waals surface area contributed by atoms with E-state index in [9.17, 15) is 4.79 Å². The number of benzene rings is 1. The molecule has 0 saturated heterocycles. The fourth-order valence-corrected chi connectivity index (χ4v) is 3.42. The molecule has 104 valence electrons. The molecule has 1 aromatic rings. The fraction of sp³-hybridized carbons (Fsp3) is 0.562. The molecule has 1 aliphatic rings. The highest BCUT2D eigenvalue weighted by molar-refractivity contribution is 7.99. The van der Waals surface area contributed by atoms with Crippen LogP contribution in [0.5, 0.6) is 0 Å². The minimum Gasteiger partial charge on any atom is -0.352 e. The smallest absolute Gasteiger partial charge is 0.233 e. The van der Waals surface area contributed by atoms with Gasteiger partial charge in [0.05, 0.1) is 5.25 Å². The summed E-state index contributed by atoms with van der Waals surface area (Å²) in [6, 6.07) is 8.81. The van der Waals surface area contributed by atoms with Gasteiger partial charge in [0.15, 0.2) is 0 Å². The van der Waals surface area contributed by atoms with E-state index in [2.05, 4.69) is 36.5 Å². The van der Waals surface area contributed by atoms with Gasteiger partial charge in [-0.05, 0) is 37.8 Å². The summed E-state index contributed by atoms with van der Waals surface area (Å²) in [5.41, 5.74) is 2.63. The number of carbonyl (C=O) groups excluding carboxylic acids is 1. The first-order chi connectivity index (χ1) is 9.16. The zero-order valence-corrected chi connectivity index (χ0v) is 12.6. The van der Waals surface area contributed by atoms with Gasteiger partial charge in [0.25, 0.3) is 0 Å². The van der Waals surface area contributed by atoms with Crippen LogP contribution in [0.15, 0.2) is 24.3 Å². The Morgan fingerprint density at radius 1 is 1.37 bits per heavy atom. The molecule has 0 unspecified atom stereocenters. The van der Waals surface area contributed by atoms with Gasteiger partial charge in [-0.3, -0.25) is 4.79 Å². The Kier molecular flexibility index (Phi) is 5.32. The van der Waals surface area contributed by atoms with Crippen molar-refractivity contribution in [3.05, 3.63) is 35.4 Å². The molecule has 1 fully saturated rings. The molecular weight excluding hydrogens is 254 g/mol.